The van der Waals surface area contributed by atoms with E-state index in [0.717, 1.165) is 56.3 Å². The first-order chi connectivity index (χ1) is 25.9. The number of aryl methyl sites for hydroxylation is 1. The number of pyridine rings is 1. The summed E-state index contributed by atoms with van der Waals surface area (Å²) in [5.74, 6) is 4.37. The van der Waals surface area contributed by atoms with Crippen LogP contribution in [0.3, 0.4) is 0 Å². The van der Waals surface area contributed by atoms with Gasteiger partial charge in [0.1, 0.15) is 17.2 Å². The minimum Gasteiger partial charge on any atom is -0.493 e. The predicted molar refractivity (Wildman–Crippen MR) is 246 cm³/mol. The molecular formula is C51H79NO3S. The van der Waals surface area contributed by atoms with Gasteiger partial charge in [0.15, 0.2) is 0 Å². The number of ether oxygens (including phenoxy) is 3. The zero-order valence-electron chi connectivity index (χ0n) is 38.4. The van der Waals surface area contributed by atoms with E-state index in [1.165, 1.54) is 39.3 Å². The second kappa shape index (κ2) is 25.0. The normalized spacial score (nSPS) is 13.9. The molecule has 0 unspecified atom stereocenters. The van der Waals surface area contributed by atoms with Crippen LogP contribution >= 0.6 is 11.8 Å². The molecule has 0 saturated heterocycles. The van der Waals surface area contributed by atoms with Crippen LogP contribution in [0.25, 0.3) is 0 Å². The lowest BCUT2D eigenvalue weighted by molar-refractivity contribution is 0.355. The lowest BCUT2D eigenvalue weighted by Gasteiger charge is -2.05. The average molecular weight is 786 g/mol. The topological polar surface area (TPSA) is 40.6 Å². The standard InChI is InChI=1S/2C8H8O.C8H8S.C7H7NO.4C5H12/c3*1-2-4-8-7(3-1)5-6-9-8;1-3-8-5-7-6(1)2-4-9-7;4*1-5(2,3)4/h3*1-4H,5-6H2;1,3,5H,2,4H2;4*1-4H3. The molecule has 4 aliphatic heterocycles. The Balaban J connectivity index is 0.000000326. The van der Waals surface area contributed by atoms with Crippen molar-refractivity contribution in [1.82, 2.24) is 4.98 Å². The smallest absolute Gasteiger partial charge is 0.140 e. The van der Waals surface area contributed by atoms with Gasteiger partial charge in [-0.1, -0.05) is 165 Å². The van der Waals surface area contributed by atoms with Crippen LogP contribution in [0.5, 0.6) is 17.2 Å². The first-order valence-electron chi connectivity index (χ1n) is 20.5. The highest BCUT2D eigenvalue weighted by molar-refractivity contribution is 7.99. The third kappa shape index (κ3) is 29.8. The minimum absolute atomic E-state index is 0.500. The Morgan fingerprint density at radius 1 is 0.411 bits per heavy atom. The monoisotopic (exact) mass is 786 g/mol. The molecule has 0 spiro atoms. The summed E-state index contributed by atoms with van der Waals surface area (Å²) in [7, 11) is 0. The molecule has 0 aliphatic carbocycles. The van der Waals surface area contributed by atoms with E-state index in [1.54, 1.807) is 12.4 Å². The predicted octanol–water partition coefficient (Wildman–Crippen LogP) is 14.8. The molecule has 56 heavy (non-hydrogen) atoms. The number of hydrogen-bond acceptors (Lipinski definition) is 5. The van der Waals surface area contributed by atoms with Crippen molar-refractivity contribution >= 4 is 11.8 Å². The molecule has 4 aromatic rings. The molecule has 0 atom stereocenters. The first kappa shape index (κ1) is 50.6. The van der Waals surface area contributed by atoms with E-state index >= 15 is 0 Å². The molecule has 1 aromatic heterocycles. The van der Waals surface area contributed by atoms with Gasteiger partial charge in [-0.2, -0.15) is 0 Å². The molecule has 4 aliphatic rings. The summed E-state index contributed by atoms with van der Waals surface area (Å²) in [6.45, 7) is 37.5. The Morgan fingerprint density at radius 3 is 1.12 bits per heavy atom. The summed E-state index contributed by atoms with van der Waals surface area (Å²) in [4.78, 5) is 5.42. The molecule has 5 heteroatoms. The van der Waals surface area contributed by atoms with Crippen molar-refractivity contribution in [2.45, 2.75) is 141 Å². The highest BCUT2D eigenvalue weighted by Gasteiger charge is 2.11. The molecule has 8 rings (SSSR count). The van der Waals surface area contributed by atoms with Gasteiger partial charge in [-0.25, -0.2) is 0 Å². The van der Waals surface area contributed by atoms with Crippen molar-refractivity contribution in [2.24, 2.45) is 21.7 Å². The number of para-hydroxylation sites is 2. The zero-order chi connectivity index (χ0) is 42.4. The van der Waals surface area contributed by atoms with Crippen LogP contribution in [0.1, 0.15) is 133 Å². The van der Waals surface area contributed by atoms with E-state index < -0.39 is 0 Å². The van der Waals surface area contributed by atoms with Gasteiger partial charge in [-0.05, 0) is 69.0 Å². The lowest BCUT2D eigenvalue weighted by atomic mass is 10.0. The third-order valence-electron chi connectivity index (χ3n) is 6.30. The highest BCUT2D eigenvalue weighted by Crippen LogP contribution is 2.30. The van der Waals surface area contributed by atoms with Crippen molar-refractivity contribution in [3.8, 4) is 17.2 Å². The Bertz CT molecular complexity index is 1270. The average Bonchev–Trinajstić information content (AvgIpc) is 3.89. The molecule has 0 N–H and O–H groups in total. The molecule has 312 valence electrons. The molecular weight excluding hydrogens is 707 g/mol. The van der Waals surface area contributed by atoms with Gasteiger partial charge < -0.3 is 14.2 Å². The van der Waals surface area contributed by atoms with Gasteiger partial charge in [0, 0.05) is 41.7 Å². The van der Waals surface area contributed by atoms with E-state index in [9.17, 15) is 0 Å². The van der Waals surface area contributed by atoms with E-state index in [2.05, 4.69) is 152 Å². The van der Waals surface area contributed by atoms with E-state index in [1.807, 2.05) is 54.2 Å². The number of benzene rings is 3. The fourth-order valence-electron chi connectivity index (χ4n) is 4.38. The van der Waals surface area contributed by atoms with Crippen LogP contribution in [0, 0.1) is 21.7 Å². The van der Waals surface area contributed by atoms with Gasteiger partial charge in [-0.3, -0.25) is 4.98 Å². The van der Waals surface area contributed by atoms with Crippen LogP contribution < -0.4 is 14.2 Å². The van der Waals surface area contributed by atoms with Crippen molar-refractivity contribution in [1.29, 1.82) is 0 Å². The van der Waals surface area contributed by atoms with Gasteiger partial charge in [0.05, 0.1) is 26.0 Å². The van der Waals surface area contributed by atoms with Crippen molar-refractivity contribution < 1.29 is 14.2 Å². The Labute approximate surface area is 349 Å². The zero-order valence-corrected chi connectivity index (χ0v) is 39.2. The SMILES string of the molecule is CC(C)(C)C.CC(C)(C)C.CC(C)(C)C.CC(C)(C)C.c1cc2c(cn1)OCC2.c1ccc2c(c1)CCO2.c1ccc2c(c1)CCO2.c1ccc2c(c1)CCS2. The molecule has 3 aromatic carbocycles. The van der Waals surface area contributed by atoms with Gasteiger partial charge in [0.2, 0.25) is 0 Å². The fourth-order valence-corrected chi connectivity index (χ4v) is 5.45. The van der Waals surface area contributed by atoms with E-state index in [4.69, 9.17) is 14.2 Å². The number of fused-ring (bicyclic) bond motifs is 4. The Morgan fingerprint density at radius 2 is 0.750 bits per heavy atom. The summed E-state index contributed by atoms with van der Waals surface area (Å²) < 4.78 is 15.8. The number of hydrogen-bond donors (Lipinski definition) is 0. The minimum atomic E-state index is 0.500. The molecule has 4 nitrogen and oxygen atoms in total. The van der Waals surface area contributed by atoms with Gasteiger partial charge in [0.25, 0.3) is 0 Å². The van der Waals surface area contributed by atoms with Crippen LogP contribution in [0.4, 0.5) is 0 Å². The van der Waals surface area contributed by atoms with Crippen molar-refractivity contribution in [2.75, 3.05) is 25.6 Å². The lowest BCUT2D eigenvalue weighted by Crippen LogP contribution is -1.93. The van der Waals surface area contributed by atoms with Crippen LogP contribution in [-0.2, 0) is 25.7 Å². The number of aromatic nitrogens is 1. The molecule has 0 amide bonds. The fraction of sp³-hybridized carbons (Fsp3) is 0.549. The van der Waals surface area contributed by atoms with Crippen molar-refractivity contribution in [3.63, 3.8) is 0 Å². The maximum atomic E-state index is 5.30. The largest absolute Gasteiger partial charge is 0.493 e. The Hall–Kier alpha value is -3.44. The number of nitrogens with zero attached hydrogens (tertiary/aromatic N) is 1. The molecule has 5 heterocycles. The van der Waals surface area contributed by atoms with Gasteiger partial charge in [-0.15, -0.1) is 11.8 Å². The van der Waals surface area contributed by atoms with E-state index in [0.29, 0.717) is 21.7 Å². The second-order valence-electron chi connectivity index (χ2n) is 20.7. The molecule has 0 radical (unpaired) electrons. The van der Waals surface area contributed by atoms with Crippen LogP contribution in [0.2, 0.25) is 0 Å². The maximum absolute atomic E-state index is 5.30. The van der Waals surface area contributed by atoms with E-state index in [-0.39, 0.29) is 0 Å². The van der Waals surface area contributed by atoms with Crippen LogP contribution in [-0.4, -0.2) is 30.6 Å². The summed E-state index contributed by atoms with van der Waals surface area (Å²) in [6, 6.07) is 27.0. The second-order valence-corrected chi connectivity index (χ2v) is 21.8. The molecule has 0 fully saturated rings. The summed E-state index contributed by atoms with van der Waals surface area (Å²) in [5.41, 5.74) is 7.50. The molecule has 0 saturated carbocycles. The molecule has 0 bridgehead atoms. The number of thioether (sulfide) groups is 1. The maximum Gasteiger partial charge on any atom is 0.140 e. The third-order valence-corrected chi connectivity index (χ3v) is 7.42. The highest BCUT2D eigenvalue weighted by atomic mass is 32.2. The Kier molecular flexibility index (Phi) is 22.6. The summed E-state index contributed by atoms with van der Waals surface area (Å²) in [5, 5.41) is 0. The summed E-state index contributed by atoms with van der Waals surface area (Å²) >= 11 is 1.97. The summed E-state index contributed by atoms with van der Waals surface area (Å²) in [6.07, 6.45) is 8.03. The van der Waals surface area contributed by atoms with Crippen LogP contribution in [0.15, 0.2) is 96.2 Å². The number of rotatable bonds is 0. The van der Waals surface area contributed by atoms with Crippen molar-refractivity contribution in [3.05, 3.63) is 114 Å². The quantitative estimate of drug-likeness (QED) is 0.178. The first-order valence-corrected chi connectivity index (χ1v) is 21.5. The van der Waals surface area contributed by atoms with Gasteiger partial charge >= 0.3 is 0 Å².